The van der Waals surface area contributed by atoms with Crippen LogP contribution < -0.4 is 5.56 Å². The molecule has 0 unspecified atom stereocenters. The van der Waals surface area contributed by atoms with Crippen LogP contribution in [0.15, 0.2) is 11.1 Å². The topological polar surface area (TPSA) is 85.0 Å². The number of nitriles is 1. The molecule has 2 aromatic rings. The van der Waals surface area contributed by atoms with Crippen LogP contribution in [0.25, 0.3) is 10.2 Å². The highest BCUT2D eigenvalue weighted by Gasteiger charge is 2.24. The lowest BCUT2D eigenvalue weighted by atomic mass is 9.98. The van der Waals surface area contributed by atoms with E-state index in [9.17, 15) is 9.59 Å². The van der Waals surface area contributed by atoms with Crippen LogP contribution >= 0.6 is 11.3 Å². The first-order chi connectivity index (χ1) is 11.1. The van der Waals surface area contributed by atoms with E-state index in [4.69, 9.17) is 10.00 Å². The Morgan fingerprint density at radius 2 is 2.22 bits per heavy atom. The van der Waals surface area contributed by atoms with Crippen molar-refractivity contribution in [1.29, 1.82) is 5.26 Å². The van der Waals surface area contributed by atoms with Crippen LogP contribution in [-0.2, 0) is 11.3 Å². The minimum absolute atomic E-state index is 0.0240. The lowest BCUT2D eigenvalue weighted by Gasteiger charge is -2.21. The number of fused-ring (bicyclic) bond motifs is 1. The lowest BCUT2D eigenvalue weighted by Crippen LogP contribution is -2.21. The van der Waals surface area contributed by atoms with E-state index < -0.39 is 0 Å². The number of aromatic nitrogens is 2. The SMILES string of the molecule is Cc1c(C(=O)OC2CCCCC2)sc2ncn(CC#N)c(=O)c12. The van der Waals surface area contributed by atoms with Crippen molar-refractivity contribution in [2.45, 2.75) is 51.7 Å². The zero-order valence-electron chi connectivity index (χ0n) is 12.9. The Balaban J connectivity index is 1.94. The van der Waals surface area contributed by atoms with Crippen LogP contribution in [0.3, 0.4) is 0 Å². The predicted octanol–water partition coefficient (Wildman–Crippen LogP) is 2.78. The highest BCUT2D eigenvalue weighted by Crippen LogP contribution is 2.29. The fourth-order valence-electron chi connectivity index (χ4n) is 2.93. The molecule has 2 aromatic heterocycles. The van der Waals surface area contributed by atoms with Gasteiger partial charge in [0.15, 0.2) is 0 Å². The van der Waals surface area contributed by atoms with Gasteiger partial charge in [-0.05, 0) is 38.2 Å². The number of rotatable bonds is 3. The summed E-state index contributed by atoms with van der Waals surface area (Å²) in [7, 11) is 0. The summed E-state index contributed by atoms with van der Waals surface area (Å²) >= 11 is 1.18. The molecule has 3 rings (SSSR count). The molecule has 0 spiro atoms. The van der Waals surface area contributed by atoms with Gasteiger partial charge in [-0.1, -0.05) is 6.42 Å². The van der Waals surface area contributed by atoms with Crippen LogP contribution in [0.2, 0.25) is 0 Å². The van der Waals surface area contributed by atoms with E-state index in [-0.39, 0.29) is 24.2 Å². The molecule has 6 nitrogen and oxygen atoms in total. The van der Waals surface area contributed by atoms with Crippen molar-refractivity contribution in [3.63, 3.8) is 0 Å². The Kier molecular flexibility index (Phi) is 4.44. The first-order valence-corrected chi connectivity index (χ1v) is 8.50. The van der Waals surface area contributed by atoms with Gasteiger partial charge in [-0.3, -0.25) is 9.36 Å². The van der Waals surface area contributed by atoms with Gasteiger partial charge in [0.2, 0.25) is 0 Å². The molecule has 1 fully saturated rings. The summed E-state index contributed by atoms with van der Waals surface area (Å²) in [6.45, 7) is 1.68. The van der Waals surface area contributed by atoms with E-state index >= 15 is 0 Å². The van der Waals surface area contributed by atoms with E-state index in [1.807, 2.05) is 6.07 Å². The Hall–Kier alpha value is -2.20. The van der Waals surface area contributed by atoms with Crippen LogP contribution in [0.1, 0.15) is 47.3 Å². The Bertz CT molecular complexity index is 841. The monoisotopic (exact) mass is 331 g/mol. The Morgan fingerprint density at radius 1 is 1.48 bits per heavy atom. The van der Waals surface area contributed by atoms with Gasteiger partial charge >= 0.3 is 5.97 Å². The molecule has 23 heavy (non-hydrogen) atoms. The summed E-state index contributed by atoms with van der Waals surface area (Å²) in [5.74, 6) is -0.372. The quantitative estimate of drug-likeness (QED) is 0.807. The summed E-state index contributed by atoms with van der Waals surface area (Å²) in [6.07, 6.45) is 6.50. The molecule has 0 N–H and O–H groups in total. The molecular formula is C16H17N3O3S. The van der Waals surface area contributed by atoms with Crippen LogP contribution in [-0.4, -0.2) is 21.6 Å². The van der Waals surface area contributed by atoms with Crippen molar-refractivity contribution in [3.05, 3.63) is 27.1 Å². The second-order valence-corrected chi connectivity index (χ2v) is 6.74. The number of nitrogens with zero attached hydrogens (tertiary/aromatic N) is 3. The van der Waals surface area contributed by atoms with E-state index in [1.165, 1.54) is 28.7 Å². The average Bonchev–Trinajstić information content (AvgIpc) is 2.89. The smallest absolute Gasteiger partial charge is 0.348 e. The maximum absolute atomic E-state index is 12.4. The number of thiophene rings is 1. The van der Waals surface area contributed by atoms with Gasteiger partial charge in [0.05, 0.1) is 11.5 Å². The molecule has 1 saturated carbocycles. The average molecular weight is 331 g/mol. The second kappa shape index (κ2) is 6.50. The number of esters is 1. The number of ether oxygens (including phenoxy) is 1. The number of hydrogen-bond donors (Lipinski definition) is 0. The fraction of sp³-hybridized carbons (Fsp3) is 0.500. The Labute approximate surface area is 137 Å². The standard InChI is InChI=1S/C16H17N3O3S/c1-10-12-14(18-9-19(8-7-17)15(12)20)23-13(10)16(21)22-11-5-3-2-4-6-11/h9,11H,2-6,8H2,1H3. The lowest BCUT2D eigenvalue weighted by molar-refractivity contribution is 0.0216. The molecule has 7 heteroatoms. The summed E-state index contributed by atoms with van der Waals surface area (Å²) < 4.78 is 6.84. The normalized spacial score (nSPS) is 15.5. The number of carbonyl (C=O) groups is 1. The van der Waals surface area contributed by atoms with E-state index in [0.29, 0.717) is 20.7 Å². The molecule has 0 aromatic carbocycles. The number of aryl methyl sites for hydroxylation is 1. The summed E-state index contributed by atoms with van der Waals surface area (Å²) in [4.78, 5) is 30.0. The molecule has 0 saturated heterocycles. The van der Waals surface area contributed by atoms with Crippen molar-refractivity contribution in [2.24, 2.45) is 0 Å². The minimum Gasteiger partial charge on any atom is -0.458 e. The van der Waals surface area contributed by atoms with Gasteiger partial charge in [-0.2, -0.15) is 5.26 Å². The maximum atomic E-state index is 12.4. The largest absolute Gasteiger partial charge is 0.458 e. The molecule has 120 valence electrons. The van der Waals surface area contributed by atoms with E-state index in [1.54, 1.807) is 6.92 Å². The summed E-state index contributed by atoms with van der Waals surface area (Å²) in [5, 5.41) is 9.16. The van der Waals surface area contributed by atoms with Crippen LogP contribution in [0.4, 0.5) is 0 Å². The van der Waals surface area contributed by atoms with Gasteiger partial charge < -0.3 is 4.74 Å². The fourth-order valence-corrected chi connectivity index (χ4v) is 3.95. The minimum atomic E-state index is -0.372. The summed E-state index contributed by atoms with van der Waals surface area (Å²) in [5.41, 5.74) is 0.303. The van der Waals surface area contributed by atoms with Crippen LogP contribution in [0.5, 0.6) is 0 Å². The maximum Gasteiger partial charge on any atom is 0.348 e. The predicted molar refractivity (Wildman–Crippen MR) is 86.5 cm³/mol. The third-order valence-corrected chi connectivity index (χ3v) is 5.35. The molecule has 0 aliphatic heterocycles. The van der Waals surface area contributed by atoms with Crippen molar-refractivity contribution in [1.82, 2.24) is 9.55 Å². The zero-order chi connectivity index (χ0) is 16.4. The summed E-state index contributed by atoms with van der Waals surface area (Å²) in [6, 6.07) is 1.93. The number of carbonyl (C=O) groups excluding carboxylic acids is 1. The first-order valence-electron chi connectivity index (χ1n) is 7.68. The molecule has 0 bridgehead atoms. The molecule has 1 aliphatic rings. The van der Waals surface area contributed by atoms with Crippen molar-refractivity contribution >= 4 is 27.5 Å². The highest BCUT2D eigenvalue weighted by atomic mass is 32.1. The Morgan fingerprint density at radius 3 is 2.91 bits per heavy atom. The van der Waals surface area contributed by atoms with Crippen molar-refractivity contribution in [3.8, 4) is 6.07 Å². The second-order valence-electron chi connectivity index (χ2n) is 5.74. The molecule has 0 atom stereocenters. The van der Waals surface area contributed by atoms with Gasteiger partial charge in [-0.15, -0.1) is 11.3 Å². The third kappa shape index (κ3) is 2.99. The van der Waals surface area contributed by atoms with Gasteiger partial charge in [0.25, 0.3) is 5.56 Å². The molecule has 0 amide bonds. The van der Waals surface area contributed by atoms with Gasteiger partial charge in [0.1, 0.15) is 28.7 Å². The van der Waals surface area contributed by atoms with E-state index in [2.05, 4.69) is 4.98 Å². The highest BCUT2D eigenvalue weighted by molar-refractivity contribution is 7.20. The molecule has 0 radical (unpaired) electrons. The van der Waals surface area contributed by atoms with Crippen molar-refractivity contribution in [2.75, 3.05) is 0 Å². The van der Waals surface area contributed by atoms with Crippen molar-refractivity contribution < 1.29 is 9.53 Å². The number of hydrogen-bond acceptors (Lipinski definition) is 6. The molecule has 2 heterocycles. The zero-order valence-corrected chi connectivity index (χ0v) is 13.7. The first kappa shape index (κ1) is 15.7. The molecule has 1 aliphatic carbocycles. The molecular weight excluding hydrogens is 314 g/mol. The van der Waals surface area contributed by atoms with Gasteiger partial charge in [-0.25, -0.2) is 9.78 Å². The van der Waals surface area contributed by atoms with Crippen LogP contribution in [0, 0.1) is 18.3 Å². The van der Waals surface area contributed by atoms with Gasteiger partial charge in [0, 0.05) is 0 Å². The third-order valence-electron chi connectivity index (χ3n) is 4.17. The van der Waals surface area contributed by atoms with E-state index in [0.717, 1.165) is 25.7 Å².